The number of thioether (sulfide) groups is 1. The molecule has 0 aliphatic rings. The third-order valence-corrected chi connectivity index (χ3v) is 4.12. The van der Waals surface area contributed by atoms with Gasteiger partial charge in [-0.25, -0.2) is 9.97 Å². The molecule has 3 rings (SSSR count). The lowest BCUT2D eigenvalue weighted by molar-refractivity contribution is -0.113. The smallest absolute Gasteiger partial charge is 0.234 e. The molecular formula is C16H13N5OS. The van der Waals surface area contributed by atoms with E-state index in [1.807, 2.05) is 25.1 Å². The Kier molecular flexibility index (Phi) is 4.26. The second kappa shape index (κ2) is 6.50. The van der Waals surface area contributed by atoms with Crippen LogP contribution in [0.2, 0.25) is 0 Å². The Hall–Kier alpha value is -2.85. The number of imidazole rings is 1. The maximum atomic E-state index is 12.1. The van der Waals surface area contributed by atoms with Crippen molar-refractivity contribution >= 4 is 34.4 Å². The van der Waals surface area contributed by atoms with E-state index in [-0.39, 0.29) is 11.7 Å². The highest BCUT2D eigenvalue weighted by molar-refractivity contribution is 8.00. The van der Waals surface area contributed by atoms with Crippen LogP contribution in [0.1, 0.15) is 11.4 Å². The molecule has 0 spiro atoms. The number of benzene rings is 1. The number of hydrogen-bond donors (Lipinski definition) is 2. The van der Waals surface area contributed by atoms with E-state index < -0.39 is 0 Å². The number of nitrogens with one attached hydrogen (secondary N) is 2. The zero-order chi connectivity index (χ0) is 16.2. The van der Waals surface area contributed by atoms with Crippen molar-refractivity contribution in [2.75, 3.05) is 11.1 Å². The van der Waals surface area contributed by atoms with Crippen molar-refractivity contribution in [1.29, 1.82) is 5.26 Å². The largest absolute Gasteiger partial charge is 0.342 e. The molecule has 0 bridgehead atoms. The molecule has 0 unspecified atom stereocenters. The molecule has 0 aliphatic heterocycles. The van der Waals surface area contributed by atoms with Gasteiger partial charge >= 0.3 is 0 Å². The lowest BCUT2D eigenvalue weighted by Crippen LogP contribution is -2.14. The van der Waals surface area contributed by atoms with Crippen LogP contribution in [0.25, 0.3) is 11.0 Å². The summed E-state index contributed by atoms with van der Waals surface area (Å²) in [6.07, 6.45) is 1.61. The number of rotatable bonds is 4. The van der Waals surface area contributed by atoms with Gasteiger partial charge in [0.05, 0.1) is 22.3 Å². The summed E-state index contributed by atoms with van der Waals surface area (Å²) >= 11 is 1.24. The number of aromatic nitrogens is 3. The molecule has 0 saturated heterocycles. The predicted molar refractivity (Wildman–Crippen MR) is 89.1 cm³/mol. The van der Waals surface area contributed by atoms with Crippen LogP contribution in [-0.4, -0.2) is 26.6 Å². The number of nitriles is 1. The van der Waals surface area contributed by atoms with Crippen LogP contribution in [0.4, 0.5) is 5.69 Å². The zero-order valence-corrected chi connectivity index (χ0v) is 13.1. The minimum atomic E-state index is -0.153. The number of fused-ring (bicyclic) bond motifs is 1. The summed E-state index contributed by atoms with van der Waals surface area (Å²) < 4.78 is 0. The van der Waals surface area contributed by atoms with Crippen LogP contribution < -0.4 is 5.32 Å². The van der Waals surface area contributed by atoms with E-state index in [9.17, 15) is 4.79 Å². The number of amides is 1. The van der Waals surface area contributed by atoms with Crippen molar-refractivity contribution in [2.24, 2.45) is 0 Å². The summed E-state index contributed by atoms with van der Waals surface area (Å²) in [5.74, 6) is 0.865. The van der Waals surface area contributed by atoms with Gasteiger partial charge in [-0.1, -0.05) is 11.8 Å². The van der Waals surface area contributed by atoms with E-state index in [4.69, 9.17) is 5.26 Å². The summed E-state index contributed by atoms with van der Waals surface area (Å²) in [5, 5.41) is 12.4. The van der Waals surface area contributed by atoms with Gasteiger partial charge in [-0.3, -0.25) is 4.79 Å². The topological polar surface area (TPSA) is 94.5 Å². The number of pyridine rings is 1. The molecule has 0 atom stereocenters. The lowest BCUT2D eigenvalue weighted by atomic mass is 10.3. The number of nitrogens with zero attached hydrogens (tertiary/aromatic N) is 3. The maximum absolute atomic E-state index is 12.1. The van der Waals surface area contributed by atoms with Crippen LogP contribution in [0.15, 0.2) is 41.6 Å². The van der Waals surface area contributed by atoms with Gasteiger partial charge in [-0.15, -0.1) is 0 Å². The highest BCUT2D eigenvalue weighted by Gasteiger charge is 2.09. The van der Waals surface area contributed by atoms with Gasteiger partial charge in [0.15, 0.2) is 0 Å². The summed E-state index contributed by atoms with van der Waals surface area (Å²) in [7, 11) is 0. The lowest BCUT2D eigenvalue weighted by Gasteiger charge is -2.05. The zero-order valence-electron chi connectivity index (χ0n) is 12.3. The number of H-pyrrole nitrogens is 1. The van der Waals surface area contributed by atoms with Crippen molar-refractivity contribution in [3.63, 3.8) is 0 Å². The third kappa shape index (κ3) is 3.49. The Labute approximate surface area is 137 Å². The van der Waals surface area contributed by atoms with Crippen LogP contribution in [0.3, 0.4) is 0 Å². The molecule has 6 nitrogen and oxygen atoms in total. The molecule has 0 radical (unpaired) electrons. The van der Waals surface area contributed by atoms with E-state index in [2.05, 4.69) is 26.3 Å². The number of aryl methyl sites for hydroxylation is 1. The van der Waals surface area contributed by atoms with Crippen LogP contribution in [0, 0.1) is 18.3 Å². The number of carbonyl (C=O) groups is 1. The minimum Gasteiger partial charge on any atom is -0.342 e. The molecule has 2 N–H and O–H groups in total. The second-order valence-electron chi connectivity index (χ2n) is 4.86. The van der Waals surface area contributed by atoms with Gasteiger partial charge < -0.3 is 10.3 Å². The molecule has 23 heavy (non-hydrogen) atoms. The average molecular weight is 323 g/mol. The molecule has 3 aromatic rings. The van der Waals surface area contributed by atoms with E-state index >= 15 is 0 Å². The fourth-order valence-corrected chi connectivity index (χ4v) is 2.88. The number of carbonyl (C=O) groups excluding carboxylic acids is 1. The molecule has 0 saturated carbocycles. The third-order valence-electron chi connectivity index (χ3n) is 3.12. The van der Waals surface area contributed by atoms with Crippen molar-refractivity contribution in [1.82, 2.24) is 15.0 Å². The molecule has 2 aromatic heterocycles. The molecule has 0 fully saturated rings. The van der Waals surface area contributed by atoms with Gasteiger partial charge in [0.25, 0.3) is 0 Å². The monoisotopic (exact) mass is 323 g/mol. The SMILES string of the molecule is Cc1nc2ccc(NC(=O)CSc3ncccc3C#N)cc2[nH]1. The van der Waals surface area contributed by atoms with Crippen molar-refractivity contribution in [2.45, 2.75) is 11.9 Å². The van der Waals surface area contributed by atoms with Gasteiger partial charge in [-0.05, 0) is 37.3 Å². The first-order chi connectivity index (χ1) is 11.2. The Bertz CT molecular complexity index is 912. The fourth-order valence-electron chi connectivity index (χ4n) is 2.14. The van der Waals surface area contributed by atoms with Gasteiger partial charge in [0, 0.05) is 11.9 Å². The van der Waals surface area contributed by atoms with Crippen molar-refractivity contribution in [3.8, 4) is 6.07 Å². The number of hydrogen-bond acceptors (Lipinski definition) is 5. The Morgan fingerprint density at radius 3 is 3.13 bits per heavy atom. The van der Waals surface area contributed by atoms with E-state index in [1.54, 1.807) is 18.3 Å². The number of anilines is 1. The molecule has 0 aliphatic carbocycles. The maximum Gasteiger partial charge on any atom is 0.234 e. The molecule has 1 aromatic carbocycles. The Morgan fingerprint density at radius 1 is 1.43 bits per heavy atom. The number of aromatic amines is 1. The molecule has 7 heteroatoms. The van der Waals surface area contributed by atoms with Gasteiger partial charge in [0.2, 0.25) is 5.91 Å². The van der Waals surface area contributed by atoms with Crippen molar-refractivity contribution < 1.29 is 4.79 Å². The van der Waals surface area contributed by atoms with E-state index in [0.29, 0.717) is 16.3 Å². The van der Waals surface area contributed by atoms with E-state index in [0.717, 1.165) is 16.9 Å². The molecule has 2 heterocycles. The fraction of sp³-hybridized carbons (Fsp3) is 0.125. The van der Waals surface area contributed by atoms with Gasteiger partial charge in [-0.2, -0.15) is 5.26 Å². The first-order valence-electron chi connectivity index (χ1n) is 6.90. The van der Waals surface area contributed by atoms with Crippen LogP contribution >= 0.6 is 11.8 Å². The summed E-state index contributed by atoms with van der Waals surface area (Å²) in [6.45, 7) is 1.88. The van der Waals surface area contributed by atoms with E-state index in [1.165, 1.54) is 11.8 Å². The minimum absolute atomic E-state index is 0.153. The quantitative estimate of drug-likeness (QED) is 0.720. The first kappa shape index (κ1) is 15.1. The molecule has 1 amide bonds. The first-order valence-corrected chi connectivity index (χ1v) is 7.88. The summed E-state index contributed by atoms with van der Waals surface area (Å²) in [5.41, 5.74) is 2.92. The predicted octanol–water partition coefficient (Wildman–Crippen LogP) is 2.87. The average Bonchev–Trinajstić information content (AvgIpc) is 2.92. The second-order valence-corrected chi connectivity index (χ2v) is 5.82. The Morgan fingerprint density at radius 2 is 2.30 bits per heavy atom. The molecular weight excluding hydrogens is 310 g/mol. The highest BCUT2D eigenvalue weighted by atomic mass is 32.2. The van der Waals surface area contributed by atoms with Crippen LogP contribution in [0.5, 0.6) is 0 Å². The summed E-state index contributed by atoms with van der Waals surface area (Å²) in [6, 6.07) is 11.0. The highest BCUT2D eigenvalue weighted by Crippen LogP contribution is 2.20. The normalized spacial score (nSPS) is 10.4. The standard InChI is InChI=1S/C16H13N5OS/c1-10-19-13-5-4-12(7-14(13)20-10)21-15(22)9-23-16-11(8-17)3-2-6-18-16/h2-7H,9H2,1H3,(H,19,20)(H,21,22). The van der Waals surface area contributed by atoms with Gasteiger partial charge in [0.1, 0.15) is 16.9 Å². The summed E-state index contributed by atoms with van der Waals surface area (Å²) in [4.78, 5) is 23.6. The van der Waals surface area contributed by atoms with Crippen LogP contribution in [-0.2, 0) is 4.79 Å². The Balaban J connectivity index is 1.65. The van der Waals surface area contributed by atoms with Crippen molar-refractivity contribution in [3.05, 3.63) is 47.9 Å². The molecule has 114 valence electrons.